The van der Waals surface area contributed by atoms with Crippen molar-refractivity contribution < 1.29 is 9.69 Å². The number of thiazole rings is 1. The number of quaternary nitrogens is 1. The molecule has 0 unspecified atom stereocenters. The summed E-state index contributed by atoms with van der Waals surface area (Å²) in [6.07, 6.45) is 5.71. The van der Waals surface area contributed by atoms with E-state index in [4.69, 9.17) is 4.98 Å². The Bertz CT molecular complexity index is 704. The maximum absolute atomic E-state index is 13.2. The Morgan fingerprint density at radius 2 is 2.04 bits per heavy atom. The number of hydrogen-bond acceptors (Lipinski definition) is 3. The van der Waals surface area contributed by atoms with Crippen LogP contribution in [0.4, 0.5) is 5.13 Å². The van der Waals surface area contributed by atoms with Crippen LogP contribution in [0.1, 0.15) is 37.7 Å². The molecule has 1 aromatic heterocycles. The molecule has 0 atom stereocenters. The molecule has 24 heavy (non-hydrogen) atoms. The molecule has 1 N–H and O–H groups in total. The largest absolute Gasteiger partial charge is 0.338 e. The van der Waals surface area contributed by atoms with Gasteiger partial charge in [-0.15, -0.1) is 0 Å². The van der Waals surface area contributed by atoms with Crippen LogP contribution in [-0.4, -0.2) is 38.1 Å². The number of carbonyl (C=O) groups is 1. The Kier molecular flexibility index (Phi) is 5.51. The highest BCUT2D eigenvalue weighted by atomic mass is 32.1. The molecular weight excluding hydrogens is 318 g/mol. The number of amides is 1. The van der Waals surface area contributed by atoms with E-state index in [1.165, 1.54) is 34.4 Å². The van der Waals surface area contributed by atoms with Crippen molar-refractivity contribution in [3.63, 3.8) is 0 Å². The molecule has 1 aliphatic rings. The Balaban J connectivity index is 1.90. The minimum absolute atomic E-state index is 0.184. The van der Waals surface area contributed by atoms with Crippen LogP contribution in [0.3, 0.4) is 0 Å². The number of para-hydroxylation sites is 1. The molecule has 0 aliphatic heterocycles. The molecule has 1 saturated carbocycles. The summed E-state index contributed by atoms with van der Waals surface area (Å²) in [7, 11) is 4.26. The highest BCUT2D eigenvalue weighted by Crippen LogP contribution is 2.33. The Hall–Kier alpha value is -1.46. The SMILES string of the molecule is Cc1cccc2sc(N(CC[NH+](C)C)C(=O)C3CCCCC3)nc12. The van der Waals surface area contributed by atoms with Crippen molar-refractivity contribution in [2.45, 2.75) is 39.0 Å². The van der Waals surface area contributed by atoms with E-state index in [1.54, 1.807) is 11.3 Å². The zero-order valence-electron chi connectivity index (χ0n) is 15.0. The summed E-state index contributed by atoms with van der Waals surface area (Å²) in [4.78, 5) is 21.3. The molecule has 2 aromatic rings. The number of likely N-dealkylation sites (N-methyl/N-ethyl adjacent to an activating group) is 1. The standard InChI is InChI=1S/C19H27N3OS/c1-14-8-7-11-16-17(14)20-19(24-16)22(13-12-21(2)3)18(23)15-9-5-4-6-10-15/h7-8,11,15H,4-6,9-10,12-13H2,1-3H3/p+1. The summed E-state index contributed by atoms with van der Waals surface area (Å²) in [6.45, 7) is 3.77. The van der Waals surface area contributed by atoms with Gasteiger partial charge in [-0.1, -0.05) is 42.7 Å². The summed E-state index contributed by atoms with van der Waals surface area (Å²) in [6, 6.07) is 6.25. The van der Waals surface area contributed by atoms with Crippen LogP contribution < -0.4 is 9.80 Å². The van der Waals surface area contributed by atoms with Crippen LogP contribution in [-0.2, 0) is 4.79 Å². The molecule has 130 valence electrons. The second kappa shape index (κ2) is 7.62. The van der Waals surface area contributed by atoms with Gasteiger partial charge in [-0.3, -0.25) is 9.69 Å². The predicted molar refractivity (Wildman–Crippen MR) is 101 cm³/mol. The minimum Gasteiger partial charge on any atom is -0.338 e. The third-order valence-corrected chi connectivity index (χ3v) is 5.94. The van der Waals surface area contributed by atoms with E-state index in [0.29, 0.717) is 0 Å². The fourth-order valence-corrected chi connectivity index (χ4v) is 4.47. The van der Waals surface area contributed by atoms with E-state index >= 15 is 0 Å². The Labute approximate surface area is 148 Å². The number of benzene rings is 1. The lowest BCUT2D eigenvalue weighted by Crippen LogP contribution is -3.06. The first-order valence-corrected chi connectivity index (χ1v) is 9.84. The van der Waals surface area contributed by atoms with Gasteiger partial charge in [-0.25, -0.2) is 4.98 Å². The van der Waals surface area contributed by atoms with Gasteiger partial charge in [0, 0.05) is 5.92 Å². The number of aryl methyl sites for hydroxylation is 1. The number of aromatic nitrogens is 1. The molecule has 5 heteroatoms. The van der Waals surface area contributed by atoms with E-state index in [0.717, 1.165) is 36.6 Å². The normalized spacial score (nSPS) is 16.0. The average Bonchev–Trinajstić information content (AvgIpc) is 3.01. The van der Waals surface area contributed by atoms with Gasteiger partial charge in [0.1, 0.15) is 0 Å². The van der Waals surface area contributed by atoms with Gasteiger partial charge in [-0.05, 0) is 31.4 Å². The number of nitrogens with one attached hydrogen (secondary N) is 1. The summed E-state index contributed by atoms with van der Waals surface area (Å²) >= 11 is 1.65. The first kappa shape index (κ1) is 17.4. The predicted octanol–water partition coefficient (Wildman–Crippen LogP) is 2.66. The number of rotatable bonds is 5. The van der Waals surface area contributed by atoms with E-state index in [-0.39, 0.29) is 11.8 Å². The molecular formula is C19H28N3OS+. The van der Waals surface area contributed by atoms with Gasteiger partial charge in [0.2, 0.25) is 5.91 Å². The molecule has 0 bridgehead atoms. The first-order valence-electron chi connectivity index (χ1n) is 9.03. The van der Waals surface area contributed by atoms with Gasteiger partial charge >= 0.3 is 0 Å². The second-order valence-electron chi connectivity index (χ2n) is 7.20. The average molecular weight is 347 g/mol. The fraction of sp³-hybridized carbons (Fsp3) is 0.579. The first-order chi connectivity index (χ1) is 11.6. The van der Waals surface area contributed by atoms with Crippen molar-refractivity contribution in [3.05, 3.63) is 23.8 Å². The molecule has 1 fully saturated rings. The lowest BCUT2D eigenvalue weighted by molar-refractivity contribution is -0.856. The summed E-state index contributed by atoms with van der Waals surface area (Å²) in [5.41, 5.74) is 2.22. The van der Waals surface area contributed by atoms with E-state index in [2.05, 4.69) is 39.2 Å². The van der Waals surface area contributed by atoms with E-state index < -0.39 is 0 Å². The molecule has 1 amide bonds. The van der Waals surface area contributed by atoms with Gasteiger partial charge in [0.25, 0.3) is 0 Å². The van der Waals surface area contributed by atoms with Crippen LogP contribution in [0, 0.1) is 12.8 Å². The summed E-state index contributed by atoms with van der Waals surface area (Å²) in [5.74, 6) is 0.469. The molecule has 4 nitrogen and oxygen atoms in total. The van der Waals surface area contributed by atoms with Crippen molar-refractivity contribution in [2.75, 3.05) is 32.1 Å². The zero-order valence-corrected chi connectivity index (χ0v) is 15.8. The van der Waals surface area contributed by atoms with Gasteiger partial charge < -0.3 is 4.90 Å². The summed E-state index contributed by atoms with van der Waals surface area (Å²) in [5, 5.41) is 0.871. The zero-order chi connectivity index (χ0) is 17.1. The van der Waals surface area contributed by atoms with Crippen molar-refractivity contribution in [1.29, 1.82) is 0 Å². The van der Waals surface area contributed by atoms with Crippen molar-refractivity contribution in [1.82, 2.24) is 4.98 Å². The van der Waals surface area contributed by atoms with Crippen LogP contribution >= 0.6 is 11.3 Å². The molecule has 1 aromatic carbocycles. The molecule has 1 aliphatic carbocycles. The fourth-order valence-electron chi connectivity index (χ4n) is 3.40. The van der Waals surface area contributed by atoms with Crippen LogP contribution in [0.2, 0.25) is 0 Å². The lowest BCUT2D eigenvalue weighted by atomic mass is 9.88. The summed E-state index contributed by atoms with van der Waals surface area (Å²) < 4.78 is 1.17. The highest BCUT2D eigenvalue weighted by molar-refractivity contribution is 7.22. The lowest BCUT2D eigenvalue weighted by Gasteiger charge is -2.27. The molecule has 0 saturated heterocycles. The Morgan fingerprint density at radius 3 is 2.71 bits per heavy atom. The van der Waals surface area contributed by atoms with Gasteiger partial charge in [-0.2, -0.15) is 0 Å². The van der Waals surface area contributed by atoms with Crippen LogP contribution in [0.5, 0.6) is 0 Å². The van der Waals surface area contributed by atoms with Crippen molar-refractivity contribution in [3.8, 4) is 0 Å². The molecule has 1 heterocycles. The molecule has 0 spiro atoms. The number of hydrogen-bond donors (Lipinski definition) is 1. The number of carbonyl (C=O) groups excluding carboxylic acids is 1. The van der Waals surface area contributed by atoms with Crippen LogP contribution in [0.15, 0.2) is 18.2 Å². The van der Waals surface area contributed by atoms with E-state index in [9.17, 15) is 4.79 Å². The maximum atomic E-state index is 13.2. The number of anilines is 1. The third kappa shape index (κ3) is 3.78. The van der Waals surface area contributed by atoms with E-state index in [1.807, 2.05) is 4.90 Å². The smallest absolute Gasteiger partial charge is 0.232 e. The monoisotopic (exact) mass is 346 g/mol. The quantitative estimate of drug-likeness (QED) is 0.904. The van der Waals surface area contributed by atoms with Crippen molar-refractivity contribution in [2.24, 2.45) is 5.92 Å². The second-order valence-corrected chi connectivity index (χ2v) is 8.21. The van der Waals surface area contributed by atoms with Crippen molar-refractivity contribution >= 4 is 32.6 Å². The maximum Gasteiger partial charge on any atom is 0.232 e. The third-order valence-electron chi connectivity index (χ3n) is 4.90. The van der Waals surface area contributed by atoms with Crippen LogP contribution in [0.25, 0.3) is 10.2 Å². The topological polar surface area (TPSA) is 37.6 Å². The number of nitrogens with zero attached hydrogens (tertiary/aromatic N) is 2. The molecule has 0 radical (unpaired) electrons. The minimum atomic E-state index is 0.184. The van der Waals surface area contributed by atoms with Gasteiger partial charge in [0.05, 0.1) is 37.4 Å². The van der Waals surface area contributed by atoms with Gasteiger partial charge in [0.15, 0.2) is 5.13 Å². The highest BCUT2D eigenvalue weighted by Gasteiger charge is 2.29. The Morgan fingerprint density at radius 1 is 1.29 bits per heavy atom. The number of fused-ring (bicyclic) bond motifs is 1. The molecule has 3 rings (SSSR count).